The second-order valence-corrected chi connectivity index (χ2v) is 7.03. The molecular weight excluding hydrogens is 514 g/mol. The van der Waals surface area contributed by atoms with E-state index in [9.17, 15) is 9.18 Å². The maximum atomic E-state index is 13.9. The number of ether oxygens (including phenoxy) is 1. The first-order valence-corrected chi connectivity index (χ1v) is 9.88. The number of nitrogens with two attached hydrogens (primary N) is 1. The number of guanidine groups is 1. The summed E-state index contributed by atoms with van der Waals surface area (Å²) in [6, 6.07) is 10.7. The normalized spacial score (nSPS) is 15.9. The van der Waals surface area contributed by atoms with Crippen LogP contribution in [0.2, 0.25) is 0 Å². The maximum absolute atomic E-state index is 13.9. The Hall–Kier alpha value is -2.63. The zero-order chi connectivity index (χ0) is 21.3. The van der Waals surface area contributed by atoms with Crippen LogP contribution in [-0.4, -0.2) is 56.2 Å². The third kappa shape index (κ3) is 7.53. The van der Waals surface area contributed by atoms with E-state index in [0.29, 0.717) is 30.6 Å². The molecule has 0 saturated carbocycles. The van der Waals surface area contributed by atoms with Crippen molar-refractivity contribution >= 4 is 41.7 Å². The molecule has 1 unspecified atom stereocenters. The van der Waals surface area contributed by atoms with Crippen LogP contribution in [0.3, 0.4) is 0 Å². The van der Waals surface area contributed by atoms with Crippen molar-refractivity contribution in [3.8, 4) is 5.75 Å². The van der Waals surface area contributed by atoms with E-state index in [0.717, 1.165) is 24.9 Å². The second kappa shape index (κ2) is 12.3. The SMILES string of the molecule is CN=C(NCCc1ccc(OCC(N)=O)cc1)NC1CCN(c2ncccc2F)C1.I. The number of carbonyl (C=O) groups is 1. The Morgan fingerprint density at radius 1 is 1.35 bits per heavy atom. The van der Waals surface area contributed by atoms with Crippen molar-refractivity contribution in [2.75, 3.05) is 38.2 Å². The minimum absolute atomic E-state index is 0. The van der Waals surface area contributed by atoms with E-state index in [4.69, 9.17) is 10.5 Å². The predicted octanol–water partition coefficient (Wildman–Crippen LogP) is 1.69. The summed E-state index contributed by atoms with van der Waals surface area (Å²) in [5.74, 6) is 0.917. The summed E-state index contributed by atoms with van der Waals surface area (Å²) >= 11 is 0. The Bertz CT molecular complexity index is 880. The quantitative estimate of drug-likeness (QED) is 0.267. The Morgan fingerprint density at radius 2 is 2.13 bits per heavy atom. The van der Waals surface area contributed by atoms with Gasteiger partial charge in [0.1, 0.15) is 5.75 Å². The van der Waals surface area contributed by atoms with E-state index in [1.54, 1.807) is 19.3 Å². The van der Waals surface area contributed by atoms with Gasteiger partial charge >= 0.3 is 0 Å². The second-order valence-electron chi connectivity index (χ2n) is 7.03. The highest BCUT2D eigenvalue weighted by atomic mass is 127. The molecule has 1 aromatic heterocycles. The molecule has 4 N–H and O–H groups in total. The van der Waals surface area contributed by atoms with Crippen LogP contribution in [0.4, 0.5) is 10.2 Å². The summed E-state index contributed by atoms with van der Waals surface area (Å²) in [7, 11) is 1.73. The van der Waals surface area contributed by atoms with Crippen LogP contribution in [0.1, 0.15) is 12.0 Å². The number of halogens is 2. The van der Waals surface area contributed by atoms with Gasteiger partial charge < -0.3 is 26.0 Å². The van der Waals surface area contributed by atoms with Gasteiger partial charge in [-0.15, -0.1) is 24.0 Å². The van der Waals surface area contributed by atoms with Gasteiger partial charge in [0.25, 0.3) is 5.91 Å². The number of benzene rings is 1. The van der Waals surface area contributed by atoms with Crippen LogP contribution < -0.4 is 26.0 Å². The summed E-state index contributed by atoms with van der Waals surface area (Å²) in [6.45, 7) is 1.98. The van der Waals surface area contributed by atoms with Crippen molar-refractivity contribution in [1.29, 1.82) is 0 Å². The van der Waals surface area contributed by atoms with Gasteiger partial charge in [0.2, 0.25) is 0 Å². The van der Waals surface area contributed by atoms with Gasteiger partial charge in [0, 0.05) is 38.9 Å². The number of primary amides is 1. The number of pyridine rings is 1. The van der Waals surface area contributed by atoms with Crippen LogP contribution in [0, 0.1) is 5.82 Å². The summed E-state index contributed by atoms with van der Waals surface area (Å²) < 4.78 is 19.2. The number of hydrogen-bond donors (Lipinski definition) is 3. The lowest BCUT2D eigenvalue weighted by atomic mass is 10.1. The Morgan fingerprint density at radius 3 is 2.81 bits per heavy atom. The number of nitrogens with one attached hydrogen (secondary N) is 2. The standard InChI is InChI=1S/C21H27FN6O2.HI/c1-24-21(26-11-8-15-4-6-17(7-5-15)30-14-19(23)29)27-16-9-12-28(13-16)20-18(22)3-2-10-25-20;/h2-7,10,16H,8-9,11-14H2,1H3,(H2,23,29)(H2,24,26,27);1H. The van der Waals surface area contributed by atoms with Gasteiger partial charge in [-0.3, -0.25) is 9.79 Å². The molecule has 1 saturated heterocycles. The molecule has 1 fully saturated rings. The van der Waals surface area contributed by atoms with E-state index in [-0.39, 0.29) is 42.4 Å². The van der Waals surface area contributed by atoms with E-state index in [1.165, 1.54) is 6.07 Å². The fourth-order valence-corrected chi connectivity index (χ4v) is 3.30. The number of anilines is 1. The summed E-state index contributed by atoms with van der Waals surface area (Å²) in [4.78, 5) is 21.1. The van der Waals surface area contributed by atoms with Gasteiger partial charge in [0.15, 0.2) is 24.2 Å². The summed E-state index contributed by atoms with van der Waals surface area (Å²) in [5.41, 5.74) is 6.19. The molecule has 168 valence electrons. The van der Waals surface area contributed by atoms with E-state index in [2.05, 4.69) is 20.6 Å². The van der Waals surface area contributed by atoms with Crippen LogP contribution >= 0.6 is 24.0 Å². The molecule has 1 aliphatic rings. The fourth-order valence-electron chi connectivity index (χ4n) is 3.30. The highest BCUT2D eigenvalue weighted by Crippen LogP contribution is 2.20. The van der Waals surface area contributed by atoms with E-state index >= 15 is 0 Å². The first-order valence-electron chi connectivity index (χ1n) is 9.88. The smallest absolute Gasteiger partial charge is 0.255 e. The summed E-state index contributed by atoms with van der Waals surface area (Å²) in [5, 5.41) is 6.69. The Balaban J connectivity index is 0.00000341. The van der Waals surface area contributed by atoms with E-state index in [1.807, 2.05) is 29.2 Å². The first kappa shape index (κ1) is 24.6. The van der Waals surface area contributed by atoms with Crippen LogP contribution in [0.15, 0.2) is 47.6 Å². The van der Waals surface area contributed by atoms with Crippen molar-refractivity contribution in [3.63, 3.8) is 0 Å². The lowest BCUT2D eigenvalue weighted by Crippen LogP contribution is -2.45. The molecule has 2 heterocycles. The molecular formula is C21H28FIN6O2. The molecule has 0 bridgehead atoms. The zero-order valence-electron chi connectivity index (χ0n) is 17.4. The minimum Gasteiger partial charge on any atom is -0.484 e. The molecule has 1 aromatic carbocycles. The van der Waals surface area contributed by atoms with Gasteiger partial charge in [0.05, 0.1) is 0 Å². The molecule has 1 aliphatic heterocycles. The number of carbonyl (C=O) groups excluding carboxylic acids is 1. The molecule has 1 atom stereocenters. The molecule has 31 heavy (non-hydrogen) atoms. The maximum Gasteiger partial charge on any atom is 0.255 e. The van der Waals surface area contributed by atoms with E-state index < -0.39 is 5.91 Å². The molecule has 3 rings (SSSR count). The molecule has 1 amide bonds. The average Bonchev–Trinajstić information content (AvgIpc) is 3.21. The topological polar surface area (TPSA) is 105 Å². The number of aromatic nitrogens is 1. The van der Waals surface area contributed by atoms with Gasteiger partial charge in [-0.25, -0.2) is 9.37 Å². The van der Waals surface area contributed by atoms with Crippen LogP contribution in [-0.2, 0) is 11.2 Å². The van der Waals surface area contributed by atoms with Crippen LogP contribution in [0.25, 0.3) is 0 Å². The van der Waals surface area contributed by atoms with Gasteiger partial charge in [-0.2, -0.15) is 0 Å². The zero-order valence-corrected chi connectivity index (χ0v) is 19.7. The Labute approximate surface area is 198 Å². The molecule has 8 nitrogen and oxygen atoms in total. The summed E-state index contributed by atoms with van der Waals surface area (Å²) in [6.07, 6.45) is 3.28. The molecule has 0 spiro atoms. The lowest BCUT2D eigenvalue weighted by Gasteiger charge is -2.20. The van der Waals surface area contributed by atoms with Gasteiger partial charge in [-0.1, -0.05) is 12.1 Å². The van der Waals surface area contributed by atoms with Crippen molar-refractivity contribution in [2.24, 2.45) is 10.7 Å². The fraction of sp³-hybridized carbons (Fsp3) is 0.381. The van der Waals surface area contributed by atoms with Crippen molar-refractivity contribution in [2.45, 2.75) is 18.9 Å². The molecule has 2 aromatic rings. The third-order valence-corrected chi connectivity index (χ3v) is 4.80. The van der Waals surface area contributed by atoms with Crippen molar-refractivity contribution in [1.82, 2.24) is 15.6 Å². The average molecular weight is 542 g/mol. The number of amides is 1. The molecule has 0 radical (unpaired) electrons. The highest BCUT2D eigenvalue weighted by Gasteiger charge is 2.25. The molecule has 0 aliphatic carbocycles. The number of hydrogen-bond acceptors (Lipinski definition) is 5. The number of aliphatic imine (C=N–C) groups is 1. The van der Waals surface area contributed by atoms with Crippen LogP contribution in [0.5, 0.6) is 5.75 Å². The van der Waals surface area contributed by atoms with Crippen molar-refractivity contribution in [3.05, 3.63) is 54.0 Å². The monoisotopic (exact) mass is 542 g/mol. The lowest BCUT2D eigenvalue weighted by molar-refractivity contribution is -0.119. The first-order chi connectivity index (χ1) is 14.5. The Kier molecular flexibility index (Phi) is 9.76. The number of rotatable bonds is 8. The number of nitrogens with zero attached hydrogens (tertiary/aromatic N) is 3. The minimum atomic E-state index is -0.502. The molecule has 10 heteroatoms. The largest absolute Gasteiger partial charge is 0.484 e. The van der Waals surface area contributed by atoms with Gasteiger partial charge in [-0.05, 0) is 42.7 Å². The predicted molar refractivity (Wildman–Crippen MR) is 130 cm³/mol. The third-order valence-electron chi connectivity index (χ3n) is 4.80. The highest BCUT2D eigenvalue weighted by molar-refractivity contribution is 14.0. The van der Waals surface area contributed by atoms with Crippen molar-refractivity contribution < 1.29 is 13.9 Å².